The second-order valence-corrected chi connectivity index (χ2v) is 3.57. The zero-order valence-electron chi connectivity index (χ0n) is 9.41. The van der Waals surface area contributed by atoms with Crippen LogP contribution in [0, 0.1) is 0 Å². The zero-order valence-corrected chi connectivity index (χ0v) is 9.41. The molecule has 0 bridgehead atoms. The molecule has 6 heteroatoms. The summed E-state index contributed by atoms with van der Waals surface area (Å²) in [6.45, 7) is 0. The molecule has 1 N–H and O–H groups in total. The largest absolute Gasteiger partial charge is 0.345 e. The van der Waals surface area contributed by atoms with Gasteiger partial charge in [-0.05, 0) is 24.3 Å². The summed E-state index contributed by atoms with van der Waals surface area (Å²) in [7, 11) is 3.21. The number of hydrogen-bond acceptors (Lipinski definition) is 2. The molecule has 1 rings (SSSR count). The Morgan fingerprint density at radius 3 is 2.12 bits per heavy atom. The zero-order chi connectivity index (χ0) is 13.0. The number of halogens is 2. The van der Waals surface area contributed by atoms with Crippen molar-refractivity contribution in [2.75, 3.05) is 19.4 Å². The molecule has 0 radical (unpaired) electrons. The Hall–Kier alpha value is -1.98. The maximum atomic E-state index is 12.0. The lowest BCUT2D eigenvalue weighted by atomic mass is 10.2. The van der Waals surface area contributed by atoms with Crippen LogP contribution in [0.4, 0.5) is 14.5 Å². The van der Waals surface area contributed by atoms with Gasteiger partial charge in [-0.15, -0.1) is 0 Å². The van der Waals surface area contributed by atoms with Crippen LogP contribution in [0.5, 0.6) is 0 Å². The molecular weight excluding hydrogens is 230 g/mol. The molecular formula is C11H12F2N2O2. The van der Waals surface area contributed by atoms with Crippen LogP contribution in [0.15, 0.2) is 24.3 Å². The Bertz CT molecular complexity index is 416. The van der Waals surface area contributed by atoms with E-state index in [1.54, 1.807) is 14.1 Å². The first kappa shape index (κ1) is 13.1. The summed E-state index contributed by atoms with van der Waals surface area (Å²) in [6.07, 6.45) is -3.06. The van der Waals surface area contributed by atoms with Gasteiger partial charge in [-0.2, -0.15) is 8.78 Å². The van der Waals surface area contributed by atoms with Crippen LogP contribution in [-0.4, -0.2) is 37.2 Å². The van der Waals surface area contributed by atoms with Gasteiger partial charge in [0.2, 0.25) is 0 Å². The predicted octanol–water partition coefficient (Wildman–Crippen LogP) is 1.59. The fraction of sp³-hybridized carbons (Fsp3) is 0.273. The normalized spacial score (nSPS) is 10.2. The highest BCUT2D eigenvalue weighted by atomic mass is 19.3. The molecule has 0 fully saturated rings. The van der Waals surface area contributed by atoms with Crippen LogP contribution >= 0.6 is 0 Å². The third-order valence-electron chi connectivity index (χ3n) is 2.00. The lowest BCUT2D eigenvalue weighted by Gasteiger charge is -2.10. The monoisotopic (exact) mass is 242 g/mol. The number of amides is 2. The Labute approximate surface area is 97.2 Å². The Morgan fingerprint density at radius 1 is 1.18 bits per heavy atom. The smallest absolute Gasteiger partial charge is 0.315 e. The summed E-state index contributed by atoms with van der Waals surface area (Å²) < 4.78 is 23.9. The molecule has 0 aliphatic carbocycles. The van der Waals surface area contributed by atoms with Crippen LogP contribution < -0.4 is 5.32 Å². The number of benzene rings is 1. The Kier molecular flexibility index (Phi) is 4.14. The Balaban J connectivity index is 2.75. The molecule has 1 aromatic rings. The van der Waals surface area contributed by atoms with Crippen molar-refractivity contribution in [1.29, 1.82) is 0 Å². The van der Waals surface area contributed by atoms with Crippen LogP contribution in [0.25, 0.3) is 0 Å². The van der Waals surface area contributed by atoms with Gasteiger partial charge < -0.3 is 10.2 Å². The summed E-state index contributed by atoms with van der Waals surface area (Å²) in [6, 6.07) is 5.72. The van der Waals surface area contributed by atoms with E-state index >= 15 is 0 Å². The lowest BCUT2D eigenvalue weighted by molar-refractivity contribution is -0.126. The molecule has 0 atom stereocenters. The van der Waals surface area contributed by atoms with E-state index in [2.05, 4.69) is 0 Å². The van der Waals surface area contributed by atoms with Crippen molar-refractivity contribution in [3.63, 3.8) is 0 Å². The first-order valence-electron chi connectivity index (χ1n) is 4.82. The molecule has 0 unspecified atom stereocenters. The second kappa shape index (κ2) is 5.38. The highest BCUT2D eigenvalue weighted by molar-refractivity contribution is 5.96. The van der Waals surface area contributed by atoms with Gasteiger partial charge >= 0.3 is 6.43 Å². The van der Waals surface area contributed by atoms with E-state index in [1.165, 1.54) is 29.2 Å². The third-order valence-corrected chi connectivity index (χ3v) is 2.00. The van der Waals surface area contributed by atoms with E-state index in [1.807, 2.05) is 5.32 Å². The molecule has 0 heterocycles. The van der Waals surface area contributed by atoms with Gasteiger partial charge in [-0.3, -0.25) is 9.59 Å². The summed E-state index contributed by atoms with van der Waals surface area (Å²) in [5.41, 5.74) is 0.649. The number of hydrogen-bond donors (Lipinski definition) is 1. The first-order valence-corrected chi connectivity index (χ1v) is 4.82. The average molecular weight is 242 g/mol. The van der Waals surface area contributed by atoms with E-state index in [4.69, 9.17) is 0 Å². The van der Waals surface area contributed by atoms with Gasteiger partial charge in [-0.1, -0.05) is 0 Å². The predicted molar refractivity (Wildman–Crippen MR) is 59.1 cm³/mol. The standard InChI is InChI=1S/C11H12F2N2O2/c1-15(2)11(17)7-3-5-8(6-4-7)14-10(16)9(12)13/h3-6,9H,1-2H3,(H,14,16). The van der Waals surface area contributed by atoms with Gasteiger partial charge in [0.1, 0.15) is 0 Å². The SMILES string of the molecule is CN(C)C(=O)c1ccc(NC(=O)C(F)F)cc1. The number of anilines is 1. The van der Waals surface area contributed by atoms with Crippen LogP contribution in [0.3, 0.4) is 0 Å². The minimum atomic E-state index is -3.06. The topological polar surface area (TPSA) is 49.4 Å². The van der Waals surface area contributed by atoms with Crippen molar-refractivity contribution in [2.45, 2.75) is 6.43 Å². The summed E-state index contributed by atoms with van der Waals surface area (Å²) in [5, 5.41) is 2.02. The maximum absolute atomic E-state index is 12.0. The quantitative estimate of drug-likeness (QED) is 0.875. The molecule has 0 spiro atoms. The third kappa shape index (κ3) is 3.51. The molecule has 0 saturated carbocycles. The minimum Gasteiger partial charge on any atom is -0.345 e. The van der Waals surface area contributed by atoms with Crippen molar-refractivity contribution in [1.82, 2.24) is 4.90 Å². The van der Waals surface area contributed by atoms with E-state index in [-0.39, 0.29) is 11.6 Å². The van der Waals surface area contributed by atoms with Crippen molar-refractivity contribution in [3.8, 4) is 0 Å². The molecule has 0 saturated heterocycles. The molecule has 2 amide bonds. The van der Waals surface area contributed by atoms with E-state index in [0.717, 1.165) is 0 Å². The van der Waals surface area contributed by atoms with Gasteiger partial charge in [0.15, 0.2) is 0 Å². The molecule has 4 nitrogen and oxygen atoms in total. The molecule has 1 aromatic carbocycles. The first-order chi connectivity index (χ1) is 7.91. The van der Waals surface area contributed by atoms with E-state index < -0.39 is 12.3 Å². The van der Waals surface area contributed by atoms with E-state index in [9.17, 15) is 18.4 Å². The number of nitrogens with zero attached hydrogens (tertiary/aromatic N) is 1. The van der Waals surface area contributed by atoms with Crippen molar-refractivity contribution < 1.29 is 18.4 Å². The number of alkyl halides is 2. The second-order valence-electron chi connectivity index (χ2n) is 3.57. The van der Waals surface area contributed by atoms with Gasteiger partial charge in [0, 0.05) is 25.3 Å². The lowest BCUT2D eigenvalue weighted by Crippen LogP contribution is -2.22. The van der Waals surface area contributed by atoms with Crippen LogP contribution in [0.2, 0.25) is 0 Å². The maximum Gasteiger partial charge on any atom is 0.315 e. The number of carbonyl (C=O) groups is 2. The minimum absolute atomic E-state index is 0.197. The van der Waals surface area contributed by atoms with E-state index in [0.29, 0.717) is 5.56 Å². The van der Waals surface area contributed by atoms with Gasteiger partial charge in [0.05, 0.1) is 0 Å². The van der Waals surface area contributed by atoms with Crippen molar-refractivity contribution in [2.24, 2.45) is 0 Å². The van der Waals surface area contributed by atoms with Crippen molar-refractivity contribution in [3.05, 3.63) is 29.8 Å². The summed E-state index contributed by atoms with van der Waals surface area (Å²) >= 11 is 0. The van der Waals surface area contributed by atoms with Crippen molar-refractivity contribution >= 4 is 17.5 Å². The Morgan fingerprint density at radius 2 is 1.71 bits per heavy atom. The molecule has 0 aromatic heterocycles. The van der Waals surface area contributed by atoms with Crippen LogP contribution in [0.1, 0.15) is 10.4 Å². The molecule has 92 valence electrons. The fourth-order valence-corrected chi connectivity index (χ4v) is 1.15. The molecule has 17 heavy (non-hydrogen) atoms. The fourth-order valence-electron chi connectivity index (χ4n) is 1.15. The average Bonchev–Trinajstić information content (AvgIpc) is 2.28. The van der Waals surface area contributed by atoms with Crippen LogP contribution in [-0.2, 0) is 4.79 Å². The summed E-state index contributed by atoms with van der Waals surface area (Å²) in [4.78, 5) is 23.6. The molecule has 0 aliphatic rings. The summed E-state index contributed by atoms with van der Waals surface area (Å²) in [5.74, 6) is -1.56. The highest BCUT2D eigenvalue weighted by Gasteiger charge is 2.15. The highest BCUT2D eigenvalue weighted by Crippen LogP contribution is 2.11. The van der Waals surface area contributed by atoms with Gasteiger partial charge in [0.25, 0.3) is 11.8 Å². The molecule has 0 aliphatic heterocycles. The van der Waals surface area contributed by atoms with Gasteiger partial charge in [-0.25, -0.2) is 0 Å². The number of rotatable bonds is 3. The number of nitrogens with one attached hydrogen (secondary N) is 1. The number of carbonyl (C=O) groups excluding carboxylic acids is 2.